The monoisotopic (exact) mass is 291 g/mol. The Balaban J connectivity index is 1.52. The molecule has 2 aliphatic rings. The normalized spacial score (nSPS) is 27.1. The third kappa shape index (κ3) is 2.45. The third-order valence-electron chi connectivity index (χ3n) is 4.36. The van der Waals surface area contributed by atoms with Crippen molar-refractivity contribution in [1.29, 1.82) is 0 Å². The molecule has 2 aliphatic heterocycles. The number of rotatable bonds is 2. The first-order chi connectivity index (χ1) is 9.76. The fraction of sp³-hybridized carbons (Fsp3) is 0.533. The Kier molecular flexibility index (Phi) is 3.21. The highest BCUT2D eigenvalue weighted by Crippen LogP contribution is 2.26. The van der Waals surface area contributed by atoms with Gasteiger partial charge in [0, 0.05) is 25.2 Å². The van der Waals surface area contributed by atoms with Gasteiger partial charge in [0.05, 0.1) is 16.8 Å². The maximum absolute atomic E-state index is 13.2. The Bertz CT molecular complexity index is 627. The smallest absolute Gasteiger partial charge is 0.124 e. The Morgan fingerprint density at radius 1 is 1.30 bits per heavy atom. The number of aromatic nitrogens is 1. The Morgan fingerprint density at radius 3 is 3.15 bits per heavy atom. The van der Waals surface area contributed by atoms with Crippen molar-refractivity contribution < 1.29 is 4.39 Å². The van der Waals surface area contributed by atoms with Crippen molar-refractivity contribution in [2.75, 3.05) is 13.1 Å². The van der Waals surface area contributed by atoms with E-state index >= 15 is 0 Å². The second kappa shape index (κ2) is 5.06. The average Bonchev–Trinajstić information content (AvgIpc) is 2.95. The van der Waals surface area contributed by atoms with Crippen molar-refractivity contribution in [3.05, 3.63) is 29.0 Å². The van der Waals surface area contributed by atoms with Crippen LogP contribution in [0.4, 0.5) is 4.39 Å². The van der Waals surface area contributed by atoms with Crippen LogP contribution in [0.1, 0.15) is 24.3 Å². The summed E-state index contributed by atoms with van der Waals surface area (Å²) < 4.78 is 14.2. The molecule has 3 nitrogen and oxygen atoms in total. The van der Waals surface area contributed by atoms with Gasteiger partial charge in [-0.25, -0.2) is 9.37 Å². The molecule has 1 aromatic carbocycles. The molecule has 4 rings (SSSR count). The van der Waals surface area contributed by atoms with Gasteiger partial charge >= 0.3 is 0 Å². The number of benzene rings is 1. The highest BCUT2D eigenvalue weighted by Gasteiger charge is 2.29. The molecule has 2 aromatic rings. The van der Waals surface area contributed by atoms with E-state index in [1.165, 1.54) is 25.3 Å². The van der Waals surface area contributed by atoms with E-state index < -0.39 is 0 Å². The lowest BCUT2D eigenvalue weighted by molar-refractivity contribution is 0.251. The summed E-state index contributed by atoms with van der Waals surface area (Å²) in [5.74, 6) is -0.177. The molecule has 2 saturated heterocycles. The van der Waals surface area contributed by atoms with Gasteiger partial charge in [-0.15, -0.1) is 11.3 Å². The van der Waals surface area contributed by atoms with Crippen LogP contribution in [0.2, 0.25) is 0 Å². The van der Waals surface area contributed by atoms with Crippen molar-refractivity contribution in [3.63, 3.8) is 0 Å². The van der Waals surface area contributed by atoms with Crippen molar-refractivity contribution in [2.24, 2.45) is 0 Å². The maximum atomic E-state index is 13.2. The van der Waals surface area contributed by atoms with Crippen LogP contribution in [0.3, 0.4) is 0 Å². The molecule has 106 valence electrons. The Hall–Kier alpha value is -1.04. The highest BCUT2D eigenvalue weighted by molar-refractivity contribution is 7.18. The molecule has 0 radical (unpaired) electrons. The lowest BCUT2D eigenvalue weighted by Gasteiger charge is -2.22. The van der Waals surface area contributed by atoms with Crippen LogP contribution in [0, 0.1) is 5.82 Å². The summed E-state index contributed by atoms with van der Waals surface area (Å²) in [6, 6.07) is 6.21. The summed E-state index contributed by atoms with van der Waals surface area (Å²) in [5.41, 5.74) is 0.917. The summed E-state index contributed by atoms with van der Waals surface area (Å²) in [5, 5.41) is 4.79. The van der Waals surface area contributed by atoms with E-state index in [4.69, 9.17) is 0 Å². The minimum atomic E-state index is -0.177. The third-order valence-corrected chi connectivity index (χ3v) is 5.36. The molecule has 2 fully saturated rings. The van der Waals surface area contributed by atoms with E-state index in [9.17, 15) is 4.39 Å². The topological polar surface area (TPSA) is 28.2 Å². The highest BCUT2D eigenvalue weighted by atomic mass is 32.1. The molecule has 20 heavy (non-hydrogen) atoms. The second-order valence-corrected chi connectivity index (χ2v) is 7.00. The Labute approximate surface area is 121 Å². The molecular weight excluding hydrogens is 273 g/mol. The first-order valence-corrected chi connectivity index (χ1v) is 8.11. The molecule has 1 N–H and O–H groups in total. The molecule has 2 unspecified atom stereocenters. The van der Waals surface area contributed by atoms with E-state index in [0.717, 1.165) is 40.9 Å². The van der Waals surface area contributed by atoms with Gasteiger partial charge in [-0.3, -0.25) is 4.90 Å². The summed E-state index contributed by atoms with van der Waals surface area (Å²) in [4.78, 5) is 7.12. The fourth-order valence-electron chi connectivity index (χ4n) is 3.36. The minimum absolute atomic E-state index is 0.177. The van der Waals surface area contributed by atoms with Gasteiger partial charge in [0.15, 0.2) is 0 Å². The van der Waals surface area contributed by atoms with E-state index in [2.05, 4.69) is 15.2 Å². The van der Waals surface area contributed by atoms with E-state index in [1.54, 1.807) is 23.5 Å². The average molecular weight is 291 g/mol. The zero-order chi connectivity index (χ0) is 13.5. The maximum Gasteiger partial charge on any atom is 0.124 e. The van der Waals surface area contributed by atoms with Crippen molar-refractivity contribution >= 4 is 21.6 Å². The van der Waals surface area contributed by atoms with Gasteiger partial charge in [0.2, 0.25) is 0 Å². The molecule has 2 bridgehead atoms. The summed E-state index contributed by atoms with van der Waals surface area (Å²) in [7, 11) is 0. The SMILES string of the molecule is Fc1ccc2nc(CN3CCC4CCC(C3)N4)sc2c1. The molecule has 0 aliphatic carbocycles. The predicted octanol–water partition coefficient (Wildman–Crippen LogP) is 2.76. The second-order valence-electron chi connectivity index (χ2n) is 5.88. The molecule has 3 heterocycles. The molecule has 1 aromatic heterocycles. The number of halogens is 1. The lowest BCUT2D eigenvalue weighted by atomic mass is 10.1. The van der Waals surface area contributed by atoms with Gasteiger partial charge in [0.1, 0.15) is 10.8 Å². The van der Waals surface area contributed by atoms with Crippen LogP contribution < -0.4 is 5.32 Å². The number of thiazole rings is 1. The molecule has 0 amide bonds. The van der Waals surface area contributed by atoms with Crippen LogP contribution in [0.15, 0.2) is 18.2 Å². The summed E-state index contributed by atoms with van der Waals surface area (Å²) >= 11 is 1.62. The Morgan fingerprint density at radius 2 is 2.20 bits per heavy atom. The number of hydrogen-bond acceptors (Lipinski definition) is 4. The summed E-state index contributed by atoms with van der Waals surface area (Å²) in [6.45, 7) is 3.14. The first-order valence-electron chi connectivity index (χ1n) is 7.30. The van der Waals surface area contributed by atoms with Gasteiger partial charge < -0.3 is 5.32 Å². The molecule has 0 saturated carbocycles. The van der Waals surface area contributed by atoms with Crippen LogP contribution in [0.25, 0.3) is 10.2 Å². The van der Waals surface area contributed by atoms with Crippen LogP contribution >= 0.6 is 11.3 Å². The van der Waals surface area contributed by atoms with Gasteiger partial charge in [-0.1, -0.05) is 0 Å². The fourth-order valence-corrected chi connectivity index (χ4v) is 4.40. The first kappa shape index (κ1) is 12.7. The standard InChI is InChI=1S/C15H18FN3S/c16-10-1-4-13-14(7-10)20-15(18-13)9-19-6-5-11-2-3-12(8-19)17-11/h1,4,7,11-12,17H,2-3,5-6,8-9H2. The van der Waals surface area contributed by atoms with Crippen LogP contribution in [0.5, 0.6) is 0 Å². The lowest BCUT2D eigenvalue weighted by Crippen LogP contribution is -2.34. The summed E-state index contributed by atoms with van der Waals surface area (Å²) in [6.07, 6.45) is 3.86. The predicted molar refractivity (Wildman–Crippen MR) is 79.4 cm³/mol. The number of hydrogen-bond donors (Lipinski definition) is 1. The molecule has 5 heteroatoms. The van der Waals surface area contributed by atoms with Crippen molar-refractivity contribution in [1.82, 2.24) is 15.2 Å². The zero-order valence-electron chi connectivity index (χ0n) is 11.3. The van der Waals surface area contributed by atoms with Gasteiger partial charge in [-0.05, 0) is 37.5 Å². The largest absolute Gasteiger partial charge is 0.310 e. The molecule has 2 atom stereocenters. The molecular formula is C15H18FN3S. The zero-order valence-corrected chi connectivity index (χ0v) is 12.1. The number of fused-ring (bicyclic) bond motifs is 3. The number of nitrogens with one attached hydrogen (secondary N) is 1. The van der Waals surface area contributed by atoms with Crippen molar-refractivity contribution in [2.45, 2.75) is 37.9 Å². The van der Waals surface area contributed by atoms with E-state index in [0.29, 0.717) is 6.04 Å². The number of likely N-dealkylation sites (tertiary alicyclic amines) is 1. The molecule has 0 spiro atoms. The van der Waals surface area contributed by atoms with Gasteiger partial charge in [-0.2, -0.15) is 0 Å². The van der Waals surface area contributed by atoms with E-state index in [1.807, 2.05) is 0 Å². The van der Waals surface area contributed by atoms with E-state index in [-0.39, 0.29) is 5.82 Å². The number of nitrogens with zero attached hydrogens (tertiary/aromatic N) is 2. The van der Waals surface area contributed by atoms with Gasteiger partial charge in [0.25, 0.3) is 0 Å². The van der Waals surface area contributed by atoms with Crippen molar-refractivity contribution in [3.8, 4) is 0 Å². The van der Waals surface area contributed by atoms with Crippen LogP contribution in [-0.4, -0.2) is 35.1 Å². The quantitative estimate of drug-likeness (QED) is 0.922. The van der Waals surface area contributed by atoms with Crippen LogP contribution in [-0.2, 0) is 6.54 Å². The minimum Gasteiger partial charge on any atom is -0.310 e.